The van der Waals surface area contributed by atoms with Crippen LogP contribution in [-0.4, -0.2) is 9.97 Å². The van der Waals surface area contributed by atoms with Gasteiger partial charge >= 0.3 is 0 Å². The molecular weight excluding hydrogens is 296 g/mol. The molecule has 5 heteroatoms. The van der Waals surface area contributed by atoms with Crippen molar-refractivity contribution < 1.29 is 0 Å². The third-order valence-electron chi connectivity index (χ3n) is 2.78. The molecule has 0 aliphatic rings. The van der Waals surface area contributed by atoms with Crippen molar-refractivity contribution in [2.24, 2.45) is 0 Å². The zero-order chi connectivity index (χ0) is 12.7. The summed E-state index contributed by atoms with van der Waals surface area (Å²) in [6, 6.07) is 6.72. The van der Waals surface area contributed by atoms with E-state index in [1.165, 1.54) is 12.4 Å². The fourth-order valence-corrected chi connectivity index (χ4v) is 2.28. The lowest BCUT2D eigenvalue weighted by Gasteiger charge is -1.92. The maximum Gasteiger partial charge on any atom is 0.256 e. The quantitative estimate of drug-likeness (QED) is 0.692. The molecule has 0 spiro atoms. The van der Waals surface area contributed by atoms with Crippen molar-refractivity contribution in [3.8, 4) is 0 Å². The zero-order valence-corrected chi connectivity index (χ0v) is 10.7. The van der Waals surface area contributed by atoms with E-state index in [-0.39, 0.29) is 11.0 Å². The zero-order valence-electron chi connectivity index (χ0n) is 9.11. The normalized spacial score (nSPS) is 10.9. The van der Waals surface area contributed by atoms with E-state index >= 15 is 0 Å². The molecule has 2 aromatic heterocycles. The van der Waals surface area contributed by atoms with Crippen LogP contribution in [0.15, 0.2) is 50.7 Å². The number of benzene rings is 1. The molecule has 0 radical (unpaired) electrons. The van der Waals surface area contributed by atoms with E-state index in [1.54, 1.807) is 24.3 Å². The van der Waals surface area contributed by atoms with Crippen molar-refractivity contribution in [1.29, 1.82) is 0 Å². The minimum Gasteiger partial charge on any atom is -0.321 e. The minimum absolute atomic E-state index is 0.201. The highest BCUT2D eigenvalue weighted by Gasteiger charge is 2.06. The van der Waals surface area contributed by atoms with Crippen LogP contribution in [-0.2, 0) is 0 Å². The van der Waals surface area contributed by atoms with Gasteiger partial charge in [0.1, 0.15) is 0 Å². The maximum atomic E-state index is 12.4. The summed E-state index contributed by atoms with van der Waals surface area (Å²) in [4.78, 5) is 31.0. The second kappa shape index (κ2) is 4.03. The van der Waals surface area contributed by atoms with Crippen LogP contribution in [0.4, 0.5) is 0 Å². The molecule has 0 atom stereocenters. The lowest BCUT2D eigenvalue weighted by atomic mass is 10.2. The number of rotatable bonds is 0. The molecule has 4 nitrogen and oxygen atoms in total. The second-order valence-corrected chi connectivity index (χ2v) is 4.81. The first-order chi connectivity index (χ1) is 8.66. The third kappa shape index (κ3) is 1.64. The molecule has 0 amide bonds. The van der Waals surface area contributed by atoms with Gasteiger partial charge in [0.25, 0.3) is 5.56 Å². The van der Waals surface area contributed by atoms with Gasteiger partial charge in [0.2, 0.25) is 0 Å². The van der Waals surface area contributed by atoms with Crippen LogP contribution >= 0.6 is 15.9 Å². The summed E-state index contributed by atoms with van der Waals surface area (Å²) in [6.07, 6.45) is 2.92. The summed E-state index contributed by atoms with van der Waals surface area (Å²) in [5.41, 5.74) is 0.0268. The van der Waals surface area contributed by atoms with Crippen molar-refractivity contribution in [3.63, 3.8) is 0 Å². The molecule has 3 aromatic rings. The van der Waals surface area contributed by atoms with Gasteiger partial charge in [-0.3, -0.25) is 14.6 Å². The predicted octanol–water partition coefficient (Wildman–Crippen LogP) is 2.20. The number of aromatic nitrogens is 2. The Morgan fingerprint density at radius 3 is 2.72 bits per heavy atom. The largest absolute Gasteiger partial charge is 0.321 e. The fourth-order valence-electron chi connectivity index (χ4n) is 1.92. The van der Waals surface area contributed by atoms with Crippen molar-refractivity contribution in [1.82, 2.24) is 9.97 Å². The van der Waals surface area contributed by atoms with Crippen LogP contribution in [0, 0.1) is 0 Å². The van der Waals surface area contributed by atoms with E-state index in [2.05, 4.69) is 25.9 Å². The molecule has 1 N–H and O–H groups in total. The van der Waals surface area contributed by atoms with Crippen LogP contribution in [0.1, 0.15) is 0 Å². The molecule has 2 heterocycles. The van der Waals surface area contributed by atoms with Gasteiger partial charge in [-0.15, -0.1) is 0 Å². The summed E-state index contributed by atoms with van der Waals surface area (Å²) in [6.45, 7) is 0. The third-order valence-corrected chi connectivity index (χ3v) is 3.28. The Morgan fingerprint density at radius 2 is 1.89 bits per heavy atom. The number of halogens is 1. The van der Waals surface area contributed by atoms with Crippen molar-refractivity contribution in [3.05, 3.63) is 61.7 Å². The topological polar surface area (TPSA) is 62.8 Å². The average Bonchev–Trinajstić information content (AvgIpc) is 2.48. The number of pyridine rings is 1. The second-order valence-electron chi connectivity index (χ2n) is 3.89. The molecule has 0 bridgehead atoms. The Hall–Kier alpha value is -2.01. The monoisotopic (exact) mass is 302 g/mol. The van der Waals surface area contributed by atoms with E-state index in [1.807, 2.05) is 0 Å². The molecule has 0 saturated carbocycles. The van der Waals surface area contributed by atoms with Crippen LogP contribution in [0.5, 0.6) is 0 Å². The van der Waals surface area contributed by atoms with E-state index in [0.717, 1.165) is 4.47 Å². The Morgan fingerprint density at radius 1 is 1.06 bits per heavy atom. The molecule has 0 unspecified atom stereocenters. The van der Waals surface area contributed by atoms with E-state index < -0.39 is 0 Å². The lowest BCUT2D eigenvalue weighted by Crippen LogP contribution is -2.03. The Labute approximate surface area is 109 Å². The number of H-pyrrole nitrogens is 1. The minimum atomic E-state index is -0.290. The molecule has 88 valence electrons. The first-order valence-corrected chi connectivity index (χ1v) is 6.06. The van der Waals surface area contributed by atoms with Crippen LogP contribution in [0.2, 0.25) is 0 Å². The van der Waals surface area contributed by atoms with Crippen molar-refractivity contribution in [2.75, 3.05) is 0 Å². The van der Waals surface area contributed by atoms with Gasteiger partial charge in [-0.2, -0.15) is 0 Å². The SMILES string of the molecule is O=c1[nH]c2ccc(Br)cc2c(=O)c2cnccc12. The van der Waals surface area contributed by atoms with Gasteiger partial charge in [0.15, 0.2) is 5.43 Å². The summed E-state index contributed by atoms with van der Waals surface area (Å²) in [7, 11) is 0. The number of nitrogens with one attached hydrogen (secondary N) is 1. The number of fused-ring (bicyclic) bond motifs is 2. The van der Waals surface area contributed by atoms with Crippen LogP contribution in [0.3, 0.4) is 0 Å². The summed E-state index contributed by atoms with van der Waals surface area (Å²) in [5.74, 6) is 0. The Balaban J connectivity index is 2.75. The van der Waals surface area contributed by atoms with Gasteiger partial charge in [-0.05, 0) is 24.3 Å². The molecule has 18 heavy (non-hydrogen) atoms. The van der Waals surface area contributed by atoms with Gasteiger partial charge in [0.05, 0.1) is 16.3 Å². The van der Waals surface area contributed by atoms with E-state index in [9.17, 15) is 9.59 Å². The van der Waals surface area contributed by atoms with E-state index in [0.29, 0.717) is 21.7 Å². The summed E-state index contributed by atoms with van der Waals surface area (Å²) in [5, 5.41) is 1.14. The smallest absolute Gasteiger partial charge is 0.256 e. The molecule has 3 rings (SSSR count). The van der Waals surface area contributed by atoms with Crippen LogP contribution < -0.4 is 11.0 Å². The molecule has 0 saturated heterocycles. The standard InChI is InChI=1S/C13H7BrN2O2/c14-7-1-2-11-9(5-7)12(17)10-6-15-4-3-8(10)13(18)16-11/h1-6H,(H,16,18). The Bertz CT molecular complexity index is 887. The molecule has 1 aromatic carbocycles. The highest BCUT2D eigenvalue weighted by Crippen LogP contribution is 2.15. The van der Waals surface area contributed by atoms with E-state index in [4.69, 9.17) is 0 Å². The lowest BCUT2D eigenvalue weighted by molar-refractivity contribution is 1.33. The Kier molecular flexibility index (Phi) is 2.48. The van der Waals surface area contributed by atoms with Gasteiger partial charge in [0, 0.05) is 22.3 Å². The molecular formula is C13H7BrN2O2. The number of nitrogens with zero attached hydrogens (tertiary/aromatic N) is 1. The van der Waals surface area contributed by atoms with Gasteiger partial charge in [-0.25, -0.2) is 0 Å². The number of aromatic amines is 1. The van der Waals surface area contributed by atoms with Crippen molar-refractivity contribution in [2.45, 2.75) is 0 Å². The number of hydrogen-bond donors (Lipinski definition) is 1. The average molecular weight is 303 g/mol. The number of hydrogen-bond acceptors (Lipinski definition) is 3. The van der Waals surface area contributed by atoms with Crippen LogP contribution in [0.25, 0.3) is 21.7 Å². The maximum absolute atomic E-state index is 12.4. The van der Waals surface area contributed by atoms with Gasteiger partial charge < -0.3 is 4.98 Å². The fraction of sp³-hybridized carbons (Fsp3) is 0. The molecule has 0 aliphatic carbocycles. The van der Waals surface area contributed by atoms with Crippen molar-refractivity contribution >= 4 is 37.6 Å². The highest BCUT2D eigenvalue weighted by molar-refractivity contribution is 9.10. The predicted molar refractivity (Wildman–Crippen MR) is 73.8 cm³/mol. The summed E-state index contributed by atoms with van der Waals surface area (Å²) >= 11 is 3.32. The molecule has 0 fully saturated rings. The highest BCUT2D eigenvalue weighted by atomic mass is 79.9. The molecule has 0 aliphatic heterocycles. The first-order valence-electron chi connectivity index (χ1n) is 5.26. The first kappa shape index (κ1) is 11.1. The van der Waals surface area contributed by atoms with Gasteiger partial charge in [-0.1, -0.05) is 15.9 Å². The summed E-state index contributed by atoms with van der Waals surface area (Å²) < 4.78 is 0.788.